The number of amides is 1. The number of piperidine rings is 1. The monoisotopic (exact) mass is 276 g/mol. The Kier molecular flexibility index (Phi) is 3.99. The SMILES string of the molecule is CCOC(=O)N1CCC(C2(CN)CC(F)(F)C2)CC1. The zero-order valence-electron chi connectivity index (χ0n) is 11.3. The molecule has 1 heterocycles. The molecule has 1 aliphatic carbocycles. The molecule has 0 unspecified atom stereocenters. The normalized spacial score (nSPS) is 25.8. The Balaban J connectivity index is 1.88. The van der Waals surface area contributed by atoms with Crippen molar-refractivity contribution in [2.75, 3.05) is 26.2 Å². The molecule has 6 heteroatoms. The smallest absolute Gasteiger partial charge is 0.409 e. The van der Waals surface area contributed by atoms with Gasteiger partial charge in [-0.05, 0) is 37.6 Å². The van der Waals surface area contributed by atoms with Gasteiger partial charge < -0.3 is 15.4 Å². The molecule has 0 atom stereocenters. The van der Waals surface area contributed by atoms with Crippen molar-refractivity contribution in [1.29, 1.82) is 0 Å². The summed E-state index contributed by atoms with van der Waals surface area (Å²) in [6.45, 7) is 3.60. The number of halogens is 2. The van der Waals surface area contributed by atoms with Crippen molar-refractivity contribution in [3.8, 4) is 0 Å². The van der Waals surface area contributed by atoms with E-state index in [-0.39, 0.29) is 24.9 Å². The van der Waals surface area contributed by atoms with Gasteiger partial charge in [-0.2, -0.15) is 0 Å². The molecule has 1 amide bonds. The van der Waals surface area contributed by atoms with Gasteiger partial charge in [-0.3, -0.25) is 0 Å². The molecule has 1 saturated heterocycles. The van der Waals surface area contributed by atoms with E-state index in [4.69, 9.17) is 10.5 Å². The molecule has 1 saturated carbocycles. The van der Waals surface area contributed by atoms with E-state index < -0.39 is 11.3 Å². The standard InChI is InChI=1S/C13H22F2N2O2/c1-2-19-11(18)17-5-3-10(4-6-17)12(9-16)7-13(14,15)8-12/h10H,2-9,16H2,1H3. The summed E-state index contributed by atoms with van der Waals surface area (Å²) in [7, 11) is 0. The Labute approximate surface area is 112 Å². The molecule has 0 radical (unpaired) electrons. The lowest BCUT2D eigenvalue weighted by Crippen LogP contribution is -2.57. The molecule has 2 N–H and O–H groups in total. The lowest BCUT2D eigenvalue weighted by molar-refractivity contribution is -0.184. The fourth-order valence-corrected chi connectivity index (χ4v) is 3.47. The van der Waals surface area contributed by atoms with Crippen molar-refractivity contribution in [3.05, 3.63) is 0 Å². The molecule has 4 nitrogen and oxygen atoms in total. The second-order valence-electron chi connectivity index (χ2n) is 5.74. The summed E-state index contributed by atoms with van der Waals surface area (Å²) in [5, 5.41) is 0. The Bertz CT molecular complexity index is 334. The number of ether oxygens (including phenoxy) is 1. The number of carbonyl (C=O) groups excluding carboxylic acids is 1. The molecule has 2 aliphatic rings. The van der Waals surface area contributed by atoms with Crippen LogP contribution in [0.4, 0.5) is 13.6 Å². The van der Waals surface area contributed by atoms with E-state index >= 15 is 0 Å². The fourth-order valence-electron chi connectivity index (χ4n) is 3.47. The molecule has 1 aliphatic heterocycles. The molecule has 19 heavy (non-hydrogen) atoms. The number of hydrogen-bond donors (Lipinski definition) is 1. The summed E-state index contributed by atoms with van der Waals surface area (Å²) in [5.74, 6) is -2.35. The third kappa shape index (κ3) is 2.83. The highest BCUT2D eigenvalue weighted by Gasteiger charge is 2.59. The third-order valence-electron chi connectivity index (χ3n) is 4.51. The highest BCUT2D eigenvalue weighted by Crippen LogP contribution is 2.57. The summed E-state index contributed by atoms with van der Waals surface area (Å²) in [6, 6.07) is 0. The number of hydrogen-bond acceptors (Lipinski definition) is 3. The largest absolute Gasteiger partial charge is 0.450 e. The van der Waals surface area contributed by atoms with Crippen LogP contribution in [0, 0.1) is 11.3 Å². The highest BCUT2D eigenvalue weighted by molar-refractivity contribution is 5.67. The van der Waals surface area contributed by atoms with Crippen LogP contribution in [-0.2, 0) is 4.74 Å². The number of nitrogens with zero attached hydrogens (tertiary/aromatic N) is 1. The highest BCUT2D eigenvalue weighted by atomic mass is 19.3. The van der Waals surface area contributed by atoms with E-state index in [2.05, 4.69) is 0 Å². The van der Waals surface area contributed by atoms with Crippen molar-refractivity contribution in [2.24, 2.45) is 17.1 Å². The molecule has 0 bridgehead atoms. The van der Waals surface area contributed by atoms with Crippen LogP contribution >= 0.6 is 0 Å². The second kappa shape index (κ2) is 5.23. The Hall–Kier alpha value is -0.910. The first kappa shape index (κ1) is 14.5. The van der Waals surface area contributed by atoms with Crippen LogP contribution in [0.25, 0.3) is 0 Å². The van der Waals surface area contributed by atoms with Crippen molar-refractivity contribution >= 4 is 6.09 Å². The van der Waals surface area contributed by atoms with Gasteiger partial charge in [0.15, 0.2) is 0 Å². The van der Waals surface area contributed by atoms with Crippen molar-refractivity contribution in [1.82, 2.24) is 4.90 Å². The number of rotatable bonds is 3. The first-order valence-electron chi connectivity index (χ1n) is 6.92. The maximum atomic E-state index is 13.1. The fraction of sp³-hybridized carbons (Fsp3) is 0.923. The van der Waals surface area contributed by atoms with Gasteiger partial charge in [-0.25, -0.2) is 13.6 Å². The van der Waals surface area contributed by atoms with E-state index in [0.29, 0.717) is 26.2 Å². The van der Waals surface area contributed by atoms with E-state index in [0.717, 1.165) is 12.8 Å². The summed E-state index contributed by atoms with van der Waals surface area (Å²) >= 11 is 0. The Morgan fingerprint density at radius 3 is 2.37 bits per heavy atom. The van der Waals surface area contributed by atoms with Gasteiger partial charge in [-0.1, -0.05) is 0 Å². The maximum absolute atomic E-state index is 13.1. The zero-order chi connectivity index (χ0) is 14.1. The minimum atomic E-state index is -2.54. The quantitative estimate of drug-likeness (QED) is 0.860. The minimum Gasteiger partial charge on any atom is -0.450 e. The second-order valence-corrected chi connectivity index (χ2v) is 5.74. The summed E-state index contributed by atoms with van der Waals surface area (Å²) < 4.78 is 31.2. The lowest BCUT2D eigenvalue weighted by atomic mass is 9.57. The van der Waals surface area contributed by atoms with Crippen molar-refractivity contribution in [3.63, 3.8) is 0 Å². The molecule has 110 valence electrons. The average Bonchev–Trinajstić information content (AvgIpc) is 2.36. The molecule has 2 fully saturated rings. The average molecular weight is 276 g/mol. The van der Waals surface area contributed by atoms with Crippen LogP contribution in [0.1, 0.15) is 32.6 Å². The summed E-state index contributed by atoms with van der Waals surface area (Å²) in [6.07, 6.45) is 0.987. The van der Waals surface area contributed by atoms with E-state index in [1.54, 1.807) is 11.8 Å². The molecule has 0 spiro atoms. The van der Waals surface area contributed by atoms with Gasteiger partial charge in [-0.15, -0.1) is 0 Å². The van der Waals surface area contributed by atoms with Crippen molar-refractivity contribution < 1.29 is 18.3 Å². The van der Waals surface area contributed by atoms with Crippen LogP contribution in [0.5, 0.6) is 0 Å². The maximum Gasteiger partial charge on any atom is 0.409 e. The Morgan fingerprint density at radius 2 is 1.95 bits per heavy atom. The predicted molar refractivity (Wildman–Crippen MR) is 67.0 cm³/mol. The van der Waals surface area contributed by atoms with Gasteiger partial charge in [0.2, 0.25) is 5.92 Å². The van der Waals surface area contributed by atoms with Gasteiger partial charge in [0.25, 0.3) is 0 Å². The van der Waals surface area contributed by atoms with Crippen LogP contribution < -0.4 is 5.73 Å². The van der Waals surface area contributed by atoms with Gasteiger partial charge in [0.05, 0.1) is 6.61 Å². The summed E-state index contributed by atoms with van der Waals surface area (Å²) in [4.78, 5) is 13.2. The molecule has 2 rings (SSSR count). The van der Waals surface area contributed by atoms with Gasteiger partial charge >= 0.3 is 6.09 Å². The van der Waals surface area contributed by atoms with Crippen LogP contribution in [0.2, 0.25) is 0 Å². The van der Waals surface area contributed by atoms with E-state index in [1.165, 1.54) is 0 Å². The lowest BCUT2D eigenvalue weighted by Gasteiger charge is -2.53. The van der Waals surface area contributed by atoms with Crippen molar-refractivity contribution in [2.45, 2.75) is 38.5 Å². The van der Waals surface area contributed by atoms with Crippen LogP contribution in [0.15, 0.2) is 0 Å². The molecular weight excluding hydrogens is 254 g/mol. The van der Waals surface area contributed by atoms with Gasteiger partial charge in [0.1, 0.15) is 0 Å². The molecule has 0 aromatic carbocycles. The van der Waals surface area contributed by atoms with Crippen LogP contribution in [-0.4, -0.2) is 43.2 Å². The zero-order valence-corrected chi connectivity index (χ0v) is 11.3. The van der Waals surface area contributed by atoms with E-state index in [9.17, 15) is 13.6 Å². The number of likely N-dealkylation sites (tertiary alicyclic amines) is 1. The minimum absolute atomic E-state index is 0.0967. The summed E-state index contributed by atoms with van der Waals surface area (Å²) in [5.41, 5.74) is 5.31. The topological polar surface area (TPSA) is 55.6 Å². The third-order valence-corrected chi connectivity index (χ3v) is 4.51. The Morgan fingerprint density at radius 1 is 1.37 bits per heavy atom. The first-order valence-corrected chi connectivity index (χ1v) is 6.92. The first-order chi connectivity index (χ1) is 8.92. The predicted octanol–water partition coefficient (Wildman–Crippen LogP) is 2.23. The number of nitrogens with two attached hydrogens (primary N) is 1. The van der Waals surface area contributed by atoms with Crippen LogP contribution in [0.3, 0.4) is 0 Å². The molecule has 0 aromatic heterocycles. The van der Waals surface area contributed by atoms with E-state index in [1.807, 2.05) is 0 Å². The van der Waals surface area contributed by atoms with Gasteiger partial charge in [0, 0.05) is 25.9 Å². The number of alkyl halides is 2. The molecular formula is C13H22F2N2O2. The molecule has 0 aromatic rings. The number of carbonyl (C=O) groups is 1.